The van der Waals surface area contributed by atoms with E-state index in [0.717, 1.165) is 29.6 Å². The van der Waals surface area contributed by atoms with Crippen LogP contribution in [0.2, 0.25) is 0 Å². The predicted molar refractivity (Wildman–Crippen MR) is 64.7 cm³/mol. The fourth-order valence-electron chi connectivity index (χ4n) is 1.34. The molecule has 1 aromatic carbocycles. The van der Waals surface area contributed by atoms with E-state index in [1.807, 2.05) is 0 Å². The lowest BCUT2D eigenvalue weighted by atomic mass is 10.2. The largest absolute Gasteiger partial charge is 1.00 e. The second-order valence-corrected chi connectivity index (χ2v) is 4.29. The van der Waals surface area contributed by atoms with Crippen LogP contribution in [-0.2, 0) is 5.75 Å². The SMILES string of the molecule is O=[N+]([O-])c1ccc(CSC2=NCCN2)cc1.[Br-]. The molecule has 1 heterocycles. The quantitative estimate of drug-likeness (QED) is 0.561. The maximum atomic E-state index is 10.5. The number of hydrogen-bond acceptors (Lipinski definition) is 5. The number of aliphatic imine (C=N–C) groups is 1. The molecule has 0 radical (unpaired) electrons. The van der Waals surface area contributed by atoms with Crippen molar-refractivity contribution in [2.75, 3.05) is 13.1 Å². The highest BCUT2D eigenvalue weighted by atomic mass is 79.9. The second kappa shape index (κ2) is 6.61. The third kappa shape index (κ3) is 4.01. The molecule has 0 atom stereocenters. The number of rotatable bonds is 3. The summed E-state index contributed by atoms with van der Waals surface area (Å²) in [5, 5.41) is 14.6. The number of nitrogens with zero attached hydrogens (tertiary/aromatic N) is 2. The molecule has 17 heavy (non-hydrogen) atoms. The van der Waals surface area contributed by atoms with E-state index >= 15 is 0 Å². The molecule has 0 unspecified atom stereocenters. The summed E-state index contributed by atoms with van der Waals surface area (Å²) in [6.07, 6.45) is 0. The normalized spacial score (nSPS) is 13.5. The molecular weight excluding hydrogens is 306 g/mol. The van der Waals surface area contributed by atoms with Gasteiger partial charge in [0, 0.05) is 24.4 Å². The van der Waals surface area contributed by atoms with Gasteiger partial charge in [0.25, 0.3) is 5.69 Å². The smallest absolute Gasteiger partial charge is 0.269 e. The molecule has 1 aromatic rings. The number of nitro groups is 1. The highest BCUT2D eigenvalue weighted by Crippen LogP contribution is 2.17. The lowest BCUT2D eigenvalue weighted by Crippen LogP contribution is -3.00. The zero-order chi connectivity index (χ0) is 11.4. The number of benzene rings is 1. The van der Waals surface area contributed by atoms with Gasteiger partial charge in [-0.1, -0.05) is 23.9 Å². The van der Waals surface area contributed by atoms with E-state index in [4.69, 9.17) is 0 Å². The summed E-state index contributed by atoms with van der Waals surface area (Å²) in [4.78, 5) is 14.3. The van der Waals surface area contributed by atoms with E-state index in [1.165, 1.54) is 12.1 Å². The van der Waals surface area contributed by atoms with Crippen LogP contribution >= 0.6 is 11.8 Å². The summed E-state index contributed by atoms with van der Waals surface area (Å²) in [5.41, 5.74) is 1.19. The predicted octanol–water partition coefficient (Wildman–Crippen LogP) is -1.21. The molecule has 0 aliphatic carbocycles. The van der Waals surface area contributed by atoms with Crippen molar-refractivity contribution in [1.82, 2.24) is 5.32 Å². The Hall–Kier alpha value is -1.08. The van der Waals surface area contributed by atoms with Gasteiger partial charge >= 0.3 is 0 Å². The topological polar surface area (TPSA) is 67.5 Å². The van der Waals surface area contributed by atoms with Gasteiger partial charge in [-0.05, 0) is 5.56 Å². The van der Waals surface area contributed by atoms with Crippen molar-refractivity contribution in [2.45, 2.75) is 5.75 Å². The Labute approximate surface area is 114 Å². The lowest BCUT2D eigenvalue weighted by Gasteiger charge is -2.01. The van der Waals surface area contributed by atoms with Gasteiger partial charge in [-0.25, -0.2) is 0 Å². The van der Waals surface area contributed by atoms with Crippen LogP contribution in [0.4, 0.5) is 5.69 Å². The van der Waals surface area contributed by atoms with E-state index in [9.17, 15) is 10.1 Å². The van der Waals surface area contributed by atoms with Gasteiger partial charge in [0.1, 0.15) is 0 Å². The van der Waals surface area contributed by atoms with Crippen LogP contribution in [0.1, 0.15) is 5.56 Å². The van der Waals surface area contributed by atoms with Gasteiger partial charge in [-0.2, -0.15) is 0 Å². The molecule has 5 nitrogen and oxygen atoms in total. The molecule has 1 N–H and O–H groups in total. The summed E-state index contributed by atoms with van der Waals surface area (Å²) in [6.45, 7) is 1.74. The molecule has 0 saturated carbocycles. The number of hydrogen-bond donors (Lipinski definition) is 1. The molecule has 0 amide bonds. The van der Waals surface area contributed by atoms with Crippen LogP contribution < -0.4 is 22.3 Å². The van der Waals surface area contributed by atoms with E-state index < -0.39 is 0 Å². The molecular formula is C10H11BrN3O2S-. The minimum atomic E-state index is -0.389. The average Bonchev–Trinajstić information content (AvgIpc) is 2.80. The third-order valence-electron chi connectivity index (χ3n) is 2.17. The van der Waals surface area contributed by atoms with E-state index in [-0.39, 0.29) is 27.6 Å². The van der Waals surface area contributed by atoms with Crippen LogP contribution in [0.5, 0.6) is 0 Å². The minimum absolute atomic E-state index is 0. The van der Waals surface area contributed by atoms with Crippen molar-refractivity contribution in [3.63, 3.8) is 0 Å². The molecule has 1 aliphatic rings. The summed E-state index contributed by atoms with van der Waals surface area (Å²) in [7, 11) is 0. The maximum Gasteiger partial charge on any atom is 0.269 e. The monoisotopic (exact) mass is 316 g/mol. The van der Waals surface area contributed by atoms with Crippen molar-refractivity contribution in [3.05, 3.63) is 39.9 Å². The number of halogens is 1. The van der Waals surface area contributed by atoms with Gasteiger partial charge in [0.2, 0.25) is 0 Å². The lowest BCUT2D eigenvalue weighted by molar-refractivity contribution is -0.384. The Morgan fingerprint density at radius 1 is 1.41 bits per heavy atom. The first-order valence-corrected chi connectivity index (χ1v) is 5.89. The Morgan fingerprint density at radius 3 is 2.65 bits per heavy atom. The highest BCUT2D eigenvalue weighted by molar-refractivity contribution is 8.13. The van der Waals surface area contributed by atoms with Gasteiger partial charge in [0.15, 0.2) is 5.17 Å². The Kier molecular flexibility index (Phi) is 5.43. The fourth-order valence-corrected chi connectivity index (χ4v) is 2.22. The number of non-ortho nitro benzene ring substituents is 1. The molecule has 2 rings (SSSR count). The number of amidine groups is 1. The highest BCUT2D eigenvalue weighted by Gasteiger charge is 2.07. The first kappa shape index (κ1) is 14.0. The Morgan fingerprint density at radius 2 is 2.12 bits per heavy atom. The van der Waals surface area contributed by atoms with Crippen LogP contribution in [0.15, 0.2) is 29.3 Å². The summed E-state index contributed by atoms with van der Waals surface area (Å²) >= 11 is 1.62. The van der Waals surface area contributed by atoms with Crippen molar-refractivity contribution in [1.29, 1.82) is 0 Å². The standard InChI is InChI=1S/C10H11N3O2S.BrH/c14-13(15)9-3-1-8(2-4-9)7-16-10-11-5-6-12-10;/h1-4H,5-7H2,(H,11,12);1H/p-1. The molecule has 0 fully saturated rings. The Balaban J connectivity index is 0.00000144. The van der Waals surface area contributed by atoms with Crippen LogP contribution in [0.3, 0.4) is 0 Å². The van der Waals surface area contributed by atoms with Gasteiger partial charge in [-0.15, -0.1) is 0 Å². The zero-order valence-corrected chi connectivity index (χ0v) is 11.3. The number of thioether (sulfide) groups is 1. The molecule has 0 aromatic heterocycles. The average molecular weight is 317 g/mol. The number of nitro benzene ring substituents is 1. The van der Waals surface area contributed by atoms with Crippen molar-refractivity contribution >= 4 is 22.6 Å². The van der Waals surface area contributed by atoms with Crippen LogP contribution in [0.25, 0.3) is 0 Å². The minimum Gasteiger partial charge on any atom is -1.00 e. The van der Waals surface area contributed by atoms with Crippen molar-refractivity contribution in [3.8, 4) is 0 Å². The molecule has 0 saturated heterocycles. The first-order chi connectivity index (χ1) is 7.75. The number of nitrogens with one attached hydrogen (secondary N) is 1. The fraction of sp³-hybridized carbons (Fsp3) is 0.300. The molecule has 7 heteroatoms. The summed E-state index contributed by atoms with van der Waals surface area (Å²) in [5.74, 6) is 0.782. The van der Waals surface area contributed by atoms with Gasteiger partial charge in [0.05, 0.1) is 11.5 Å². The van der Waals surface area contributed by atoms with Gasteiger partial charge < -0.3 is 22.3 Å². The molecule has 92 valence electrons. The Bertz CT molecular complexity index is 422. The first-order valence-electron chi connectivity index (χ1n) is 4.90. The molecule has 1 aliphatic heterocycles. The summed E-state index contributed by atoms with van der Waals surface area (Å²) < 4.78 is 0. The zero-order valence-electron chi connectivity index (χ0n) is 8.93. The van der Waals surface area contributed by atoms with Crippen LogP contribution in [0, 0.1) is 10.1 Å². The van der Waals surface area contributed by atoms with Crippen molar-refractivity contribution < 1.29 is 21.9 Å². The molecule has 0 spiro atoms. The van der Waals surface area contributed by atoms with Gasteiger partial charge in [-0.3, -0.25) is 15.1 Å². The van der Waals surface area contributed by atoms with E-state index in [2.05, 4.69) is 10.3 Å². The summed E-state index contributed by atoms with van der Waals surface area (Å²) in [6, 6.07) is 6.61. The molecule has 0 bridgehead atoms. The second-order valence-electron chi connectivity index (χ2n) is 3.33. The maximum absolute atomic E-state index is 10.5. The van der Waals surface area contributed by atoms with Crippen LogP contribution in [-0.4, -0.2) is 23.2 Å². The van der Waals surface area contributed by atoms with E-state index in [1.54, 1.807) is 23.9 Å². The van der Waals surface area contributed by atoms with E-state index in [0.29, 0.717) is 0 Å². The van der Waals surface area contributed by atoms with Crippen molar-refractivity contribution in [2.24, 2.45) is 4.99 Å². The third-order valence-corrected chi connectivity index (χ3v) is 3.19.